The van der Waals surface area contributed by atoms with Crippen LogP contribution in [0.15, 0.2) is 66.7 Å². The molecule has 0 heterocycles. The van der Waals surface area contributed by atoms with Crippen molar-refractivity contribution in [3.8, 4) is 5.75 Å². The standard InChI is InChI=1S/C18H17NO/c1-19-16-10-11-17-15(12-16)8-5-9-18(17)20-13-14-6-3-2-4-7-14/h2-12,19H,13H2,1H3. The molecule has 3 aromatic carbocycles. The summed E-state index contributed by atoms with van der Waals surface area (Å²) in [5, 5.41) is 5.48. The van der Waals surface area contributed by atoms with Crippen LogP contribution in [0.4, 0.5) is 5.69 Å². The number of rotatable bonds is 4. The molecule has 3 rings (SSSR count). The van der Waals surface area contributed by atoms with E-state index in [-0.39, 0.29) is 0 Å². The minimum Gasteiger partial charge on any atom is -0.488 e. The van der Waals surface area contributed by atoms with E-state index in [0.717, 1.165) is 16.8 Å². The molecule has 0 spiro atoms. The molecule has 1 N–H and O–H groups in total. The molecule has 20 heavy (non-hydrogen) atoms. The summed E-state index contributed by atoms with van der Waals surface area (Å²) in [6.07, 6.45) is 0. The van der Waals surface area contributed by atoms with Crippen LogP contribution in [-0.2, 0) is 6.61 Å². The lowest BCUT2D eigenvalue weighted by molar-refractivity contribution is 0.310. The summed E-state index contributed by atoms with van der Waals surface area (Å²) in [5.41, 5.74) is 2.29. The second kappa shape index (κ2) is 5.66. The average Bonchev–Trinajstić information content (AvgIpc) is 2.53. The van der Waals surface area contributed by atoms with E-state index in [1.165, 1.54) is 10.9 Å². The summed E-state index contributed by atoms with van der Waals surface area (Å²) in [6, 6.07) is 22.7. The van der Waals surface area contributed by atoms with Crippen molar-refractivity contribution in [2.45, 2.75) is 6.61 Å². The van der Waals surface area contributed by atoms with Gasteiger partial charge in [0.25, 0.3) is 0 Å². The molecule has 0 aliphatic carbocycles. The SMILES string of the molecule is CNc1ccc2c(OCc3ccccc3)cccc2c1. The topological polar surface area (TPSA) is 21.3 Å². The Bertz CT molecular complexity index is 707. The van der Waals surface area contributed by atoms with Gasteiger partial charge in [-0.25, -0.2) is 0 Å². The number of nitrogens with one attached hydrogen (secondary N) is 1. The maximum absolute atomic E-state index is 5.96. The second-order valence-electron chi connectivity index (χ2n) is 4.72. The molecule has 0 atom stereocenters. The summed E-state index contributed by atoms with van der Waals surface area (Å²) >= 11 is 0. The van der Waals surface area contributed by atoms with Gasteiger partial charge in [0.1, 0.15) is 12.4 Å². The highest BCUT2D eigenvalue weighted by molar-refractivity contribution is 5.90. The van der Waals surface area contributed by atoms with E-state index in [4.69, 9.17) is 4.74 Å². The highest BCUT2D eigenvalue weighted by Gasteiger charge is 2.03. The van der Waals surface area contributed by atoms with Crippen molar-refractivity contribution in [2.75, 3.05) is 12.4 Å². The van der Waals surface area contributed by atoms with E-state index in [9.17, 15) is 0 Å². The Morgan fingerprint density at radius 1 is 0.900 bits per heavy atom. The number of hydrogen-bond donors (Lipinski definition) is 1. The highest BCUT2D eigenvalue weighted by Crippen LogP contribution is 2.28. The van der Waals surface area contributed by atoms with Gasteiger partial charge in [-0.15, -0.1) is 0 Å². The van der Waals surface area contributed by atoms with E-state index in [1.807, 2.05) is 37.4 Å². The van der Waals surface area contributed by atoms with Gasteiger partial charge in [-0.3, -0.25) is 0 Å². The lowest BCUT2D eigenvalue weighted by atomic mass is 10.1. The van der Waals surface area contributed by atoms with Crippen LogP contribution in [0.5, 0.6) is 5.75 Å². The summed E-state index contributed by atoms with van der Waals surface area (Å²) in [5.74, 6) is 0.925. The zero-order chi connectivity index (χ0) is 13.8. The number of benzene rings is 3. The molecule has 100 valence electrons. The van der Waals surface area contributed by atoms with Crippen LogP contribution in [0.1, 0.15) is 5.56 Å². The van der Waals surface area contributed by atoms with Gasteiger partial charge in [-0.2, -0.15) is 0 Å². The molecule has 0 aromatic heterocycles. The number of fused-ring (bicyclic) bond motifs is 1. The van der Waals surface area contributed by atoms with Gasteiger partial charge in [0.05, 0.1) is 0 Å². The molecule has 0 fully saturated rings. The Kier molecular flexibility index (Phi) is 3.55. The fourth-order valence-corrected chi connectivity index (χ4v) is 2.27. The first-order chi connectivity index (χ1) is 9.86. The molecule has 3 aromatic rings. The van der Waals surface area contributed by atoms with Crippen molar-refractivity contribution in [3.05, 3.63) is 72.3 Å². The van der Waals surface area contributed by atoms with Crippen LogP contribution in [0.3, 0.4) is 0 Å². The number of ether oxygens (including phenoxy) is 1. The summed E-state index contributed by atoms with van der Waals surface area (Å²) < 4.78 is 5.96. The first-order valence-corrected chi connectivity index (χ1v) is 6.74. The third kappa shape index (κ3) is 2.59. The predicted molar refractivity (Wildman–Crippen MR) is 84.3 cm³/mol. The van der Waals surface area contributed by atoms with Crippen molar-refractivity contribution in [2.24, 2.45) is 0 Å². The largest absolute Gasteiger partial charge is 0.488 e. The third-order valence-electron chi connectivity index (χ3n) is 3.37. The lowest BCUT2D eigenvalue weighted by Gasteiger charge is -2.10. The van der Waals surface area contributed by atoms with E-state index >= 15 is 0 Å². The number of hydrogen-bond acceptors (Lipinski definition) is 2. The molecular formula is C18H17NO. The summed E-state index contributed by atoms with van der Waals surface area (Å²) in [6.45, 7) is 0.591. The van der Waals surface area contributed by atoms with Crippen LogP contribution in [0.2, 0.25) is 0 Å². The van der Waals surface area contributed by atoms with E-state index in [1.54, 1.807) is 0 Å². The van der Waals surface area contributed by atoms with Crippen molar-refractivity contribution in [3.63, 3.8) is 0 Å². The van der Waals surface area contributed by atoms with Gasteiger partial charge in [0.2, 0.25) is 0 Å². The van der Waals surface area contributed by atoms with Gasteiger partial charge in [-0.1, -0.05) is 42.5 Å². The molecular weight excluding hydrogens is 246 g/mol. The summed E-state index contributed by atoms with van der Waals surface area (Å²) in [7, 11) is 1.93. The van der Waals surface area contributed by atoms with Crippen molar-refractivity contribution in [1.82, 2.24) is 0 Å². The fraction of sp³-hybridized carbons (Fsp3) is 0.111. The van der Waals surface area contributed by atoms with Crippen LogP contribution >= 0.6 is 0 Å². The Hall–Kier alpha value is -2.48. The molecule has 2 nitrogen and oxygen atoms in total. The molecule has 0 aliphatic rings. The second-order valence-corrected chi connectivity index (χ2v) is 4.72. The van der Waals surface area contributed by atoms with Crippen molar-refractivity contribution in [1.29, 1.82) is 0 Å². The molecule has 0 unspecified atom stereocenters. The molecule has 2 heteroatoms. The Morgan fingerprint density at radius 3 is 2.55 bits per heavy atom. The van der Waals surface area contributed by atoms with Gasteiger partial charge in [0, 0.05) is 18.1 Å². The monoisotopic (exact) mass is 263 g/mol. The lowest BCUT2D eigenvalue weighted by Crippen LogP contribution is -1.96. The van der Waals surface area contributed by atoms with Crippen LogP contribution in [0.25, 0.3) is 10.8 Å². The van der Waals surface area contributed by atoms with Crippen LogP contribution < -0.4 is 10.1 Å². The van der Waals surface area contributed by atoms with Gasteiger partial charge < -0.3 is 10.1 Å². The quantitative estimate of drug-likeness (QED) is 0.750. The first kappa shape index (κ1) is 12.5. The average molecular weight is 263 g/mol. The highest BCUT2D eigenvalue weighted by atomic mass is 16.5. The molecule has 0 aliphatic heterocycles. The Labute approximate surface area is 119 Å². The molecule has 0 bridgehead atoms. The van der Waals surface area contributed by atoms with Gasteiger partial charge in [0.15, 0.2) is 0 Å². The Balaban J connectivity index is 1.88. The fourth-order valence-electron chi connectivity index (χ4n) is 2.27. The third-order valence-corrected chi connectivity index (χ3v) is 3.37. The minimum absolute atomic E-state index is 0.591. The zero-order valence-corrected chi connectivity index (χ0v) is 11.5. The summed E-state index contributed by atoms with van der Waals surface area (Å²) in [4.78, 5) is 0. The van der Waals surface area contributed by atoms with E-state index in [0.29, 0.717) is 6.61 Å². The Morgan fingerprint density at radius 2 is 1.75 bits per heavy atom. The van der Waals surface area contributed by atoms with Crippen LogP contribution in [-0.4, -0.2) is 7.05 Å². The van der Waals surface area contributed by atoms with Gasteiger partial charge >= 0.3 is 0 Å². The minimum atomic E-state index is 0.591. The maximum atomic E-state index is 5.96. The maximum Gasteiger partial charge on any atom is 0.127 e. The van der Waals surface area contributed by atoms with E-state index in [2.05, 4.69) is 41.7 Å². The van der Waals surface area contributed by atoms with Crippen LogP contribution in [0, 0.1) is 0 Å². The molecule has 0 saturated carbocycles. The predicted octanol–water partition coefficient (Wildman–Crippen LogP) is 4.46. The van der Waals surface area contributed by atoms with Gasteiger partial charge in [-0.05, 0) is 35.2 Å². The van der Waals surface area contributed by atoms with E-state index < -0.39 is 0 Å². The smallest absolute Gasteiger partial charge is 0.127 e. The molecule has 0 radical (unpaired) electrons. The zero-order valence-electron chi connectivity index (χ0n) is 11.5. The molecule has 0 amide bonds. The molecule has 0 saturated heterocycles. The number of anilines is 1. The van der Waals surface area contributed by atoms with Crippen molar-refractivity contribution >= 4 is 16.5 Å². The normalized spacial score (nSPS) is 10.4. The first-order valence-electron chi connectivity index (χ1n) is 6.74. The van der Waals surface area contributed by atoms with Crippen molar-refractivity contribution < 1.29 is 4.74 Å².